The molecule has 146 valence electrons. The molecule has 0 saturated heterocycles. The van der Waals surface area contributed by atoms with Gasteiger partial charge in [-0.1, -0.05) is 30.3 Å². The van der Waals surface area contributed by atoms with E-state index in [0.29, 0.717) is 25.4 Å². The number of hydrogen-bond acceptors (Lipinski definition) is 7. The third-order valence-electron chi connectivity index (χ3n) is 3.99. The molecule has 0 aliphatic rings. The lowest BCUT2D eigenvalue weighted by Gasteiger charge is -2.13. The SMILES string of the molecule is CC(=O)OB(OCCCCCN)n1nc(CCCc2ccccc2)nc1N. The Morgan fingerprint density at radius 3 is 2.63 bits per heavy atom. The highest BCUT2D eigenvalue weighted by Crippen LogP contribution is 2.10. The quantitative estimate of drug-likeness (QED) is 0.428. The Morgan fingerprint density at radius 1 is 1.15 bits per heavy atom. The maximum absolute atomic E-state index is 11.4. The Labute approximate surface area is 160 Å². The molecule has 0 fully saturated rings. The highest BCUT2D eigenvalue weighted by Gasteiger charge is 2.30. The van der Waals surface area contributed by atoms with Crippen LogP contribution in [0, 0.1) is 0 Å². The van der Waals surface area contributed by atoms with E-state index < -0.39 is 13.2 Å². The monoisotopic (exact) mass is 373 g/mol. The molecule has 2 aromatic rings. The zero-order chi connectivity index (χ0) is 19.5. The summed E-state index contributed by atoms with van der Waals surface area (Å²) < 4.78 is 12.2. The zero-order valence-corrected chi connectivity index (χ0v) is 15.8. The van der Waals surface area contributed by atoms with Crippen molar-refractivity contribution in [3.63, 3.8) is 0 Å². The third kappa shape index (κ3) is 7.40. The van der Waals surface area contributed by atoms with Gasteiger partial charge >= 0.3 is 7.25 Å². The normalized spacial score (nSPS) is 10.7. The molecule has 1 aromatic heterocycles. The van der Waals surface area contributed by atoms with E-state index in [9.17, 15) is 4.79 Å². The summed E-state index contributed by atoms with van der Waals surface area (Å²) >= 11 is 0. The number of nitrogens with zero attached hydrogens (tertiary/aromatic N) is 3. The van der Waals surface area contributed by atoms with Crippen molar-refractivity contribution in [1.29, 1.82) is 0 Å². The fraction of sp³-hybridized carbons (Fsp3) is 0.500. The first-order valence-electron chi connectivity index (χ1n) is 9.34. The first kappa shape index (κ1) is 20.9. The van der Waals surface area contributed by atoms with Crippen LogP contribution in [0.1, 0.15) is 44.0 Å². The lowest BCUT2D eigenvalue weighted by Crippen LogP contribution is -2.36. The number of nitrogens with two attached hydrogens (primary N) is 2. The molecule has 9 heteroatoms. The van der Waals surface area contributed by atoms with E-state index in [-0.39, 0.29) is 5.95 Å². The van der Waals surface area contributed by atoms with Crippen molar-refractivity contribution in [2.45, 2.75) is 45.4 Å². The van der Waals surface area contributed by atoms with E-state index in [4.69, 9.17) is 20.8 Å². The van der Waals surface area contributed by atoms with Gasteiger partial charge in [-0.05, 0) is 44.2 Å². The molecule has 0 radical (unpaired) electrons. The zero-order valence-electron chi connectivity index (χ0n) is 15.8. The second-order valence-electron chi connectivity index (χ2n) is 6.31. The summed E-state index contributed by atoms with van der Waals surface area (Å²) in [4.78, 5) is 15.7. The summed E-state index contributed by atoms with van der Waals surface area (Å²) in [7, 11) is -1.00. The minimum atomic E-state index is -1.00. The van der Waals surface area contributed by atoms with Crippen molar-refractivity contribution in [2.75, 3.05) is 18.9 Å². The van der Waals surface area contributed by atoms with Crippen LogP contribution in [-0.2, 0) is 26.9 Å². The minimum Gasteiger partial charge on any atom is -0.490 e. The lowest BCUT2D eigenvalue weighted by atomic mass is 10.1. The first-order chi connectivity index (χ1) is 13.1. The molecule has 0 bridgehead atoms. The molecule has 0 atom stereocenters. The van der Waals surface area contributed by atoms with Gasteiger partial charge in [0.2, 0.25) is 5.95 Å². The number of carbonyl (C=O) groups is 1. The van der Waals surface area contributed by atoms with Crippen LogP contribution >= 0.6 is 0 Å². The van der Waals surface area contributed by atoms with Crippen molar-refractivity contribution in [1.82, 2.24) is 14.7 Å². The predicted octanol–water partition coefficient (Wildman–Crippen LogP) is 1.58. The second kappa shape index (κ2) is 11.4. The van der Waals surface area contributed by atoms with Gasteiger partial charge in [0.05, 0.1) is 0 Å². The molecular formula is C18H28BN5O3. The van der Waals surface area contributed by atoms with E-state index in [0.717, 1.165) is 32.1 Å². The van der Waals surface area contributed by atoms with Gasteiger partial charge in [-0.25, -0.2) is 4.59 Å². The lowest BCUT2D eigenvalue weighted by molar-refractivity contribution is -0.133. The van der Waals surface area contributed by atoms with Crippen molar-refractivity contribution in [3.8, 4) is 0 Å². The highest BCUT2D eigenvalue weighted by molar-refractivity contribution is 6.45. The van der Waals surface area contributed by atoms with Crippen molar-refractivity contribution in [2.24, 2.45) is 5.73 Å². The molecule has 4 N–H and O–H groups in total. The maximum atomic E-state index is 11.4. The van der Waals surface area contributed by atoms with Gasteiger partial charge < -0.3 is 20.8 Å². The number of aryl methyl sites for hydroxylation is 2. The van der Waals surface area contributed by atoms with Crippen LogP contribution in [0.4, 0.5) is 5.95 Å². The molecule has 0 spiro atoms. The Morgan fingerprint density at radius 2 is 1.93 bits per heavy atom. The average molecular weight is 373 g/mol. The topological polar surface area (TPSA) is 118 Å². The van der Waals surface area contributed by atoms with Crippen LogP contribution < -0.4 is 11.5 Å². The van der Waals surface area contributed by atoms with Crippen LogP contribution in [0.3, 0.4) is 0 Å². The molecular weight excluding hydrogens is 345 g/mol. The molecule has 2 rings (SSSR count). The van der Waals surface area contributed by atoms with Gasteiger partial charge in [0.15, 0.2) is 5.82 Å². The van der Waals surface area contributed by atoms with Crippen LogP contribution in [-0.4, -0.2) is 41.0 Å². The first-order valence-corrected chi connectivity index (χ1v) is 9.34. The van der Waals surface area contributed by atoms with Gasteiger partial charge in [0.1, 0.15) is 0 Å². The van der Waals surface area contributed by atoms with Gasteiger partial charge in [-0.15, -0.1) is 0 Å². The minimum absolute atomic E-state index is 0.165. The number of aromatic nitrogens is 3. The van der Waals surface area contributed by atoms with E-state index in [1.807, 2.05) is 18.2 Å². The summed E-state index contributed by atoms with van der Waals surface area (Å²) in [6.45, 7) is 2.38. The summed E-state index contributed by atoms with van der Waals surface area (Å²) in [6.07, 6.45) is 5.19. The highest BCUT2D eigenvalue weighted by atomic mass is 16.6. The molecule has 1 heterocycles. The molecule has 0 unspecified atom stereocenters. The Balaban J connectivity index is 1.91. The molecule has 0 aliphatic heterocycles. The standard InChI is InChI=1S/C18H28BN5O3/c1-15(25)27-19(26-14-7-3-6-13-20)24-18(21)22-17(23-24)12-8-11-16-9-4-2-5-10-16/h2,4-5,9-10H,3,6-8,11-14,20H2,1H3,(H2,21,22,23). The maximum Gasteiger partial charge on any atom is 0.691 e. The summed E-state index contributed by atoms with van der Waals surface area (Å²) in [5.74, 6) is 0.299. The summed E-state index contributed by atoms with van der Waals surface area (Å²) in [6, 6.07) is 10.2. The fourth-order valence-corrected chi connectivity index (χ4v) is 2.64. The van der Waals surface area contributed by atoms with Crippen molar-refractivity contribution >= 4 is 19.2 Å². The molecule has 0 saturated carbocycles. The molecule has 27 heavy (non-hydrogen) atoms. The second-order valence-corrected chi connectivity index (χ2v) is 6.31. The van der Waals surface area contributed by atoms with Crippen LogP contribution in [0.15, 0.2) is 30.3 Å². The van der Waals surface area contributed by atoms with E-state index in [1.165, 1.54) is 17.1 Å². The fourth-order valence-electron chi connectivity index (χ4n) is 2.64. The van der Waals surface area contributed by atoms with E-state index in [1.54, 1.807) is 0 Å². The van der Waals surface area contributed by atoms with Gasteiger partial charge in [-0.3, -0.25) is 4.79 Å². The molecule has 8 nitrogen and oxygen atoms in total. The smallest absolute Gasteiger partial charge is 0.490 e. The summed E-state index contributed by atoms with van der Waals surface area (Å²) in [5.41, 5.74) is 12.7. The van der Waals surface area contributed by atoms with Crippen LogP contribution in [0.5, 0.6) is 0 Å². The largest absolute Gasteiger partial charge is 0.691 e. The average Bonchev–Trinajstić information content (AvgIpc) is 3.01. The molecule has 0 aliphatic carbocycles. The summed E-state index contributed by atoms with van der Waals surface area (Å²) in [5, 5.41) is 4.37. The van der Waals surface area contributed by atoms with Crippen molar-refractivity contribution in [3.05, 3.63) is 41.7 Å². The van der Waals surface area contributed by atoms with Gasteiger partial charge in [-0.2, -0.15) is 10.1 Å². The number of carbonyl (C=O) groups excluding carboxylic acids is 1. The van der Waals surface area contributed by atoms with E-state index in [2.05, 4.69) is 22.2 Å². The molecule has 1 aromatic carbocycles. The van der Waals surface area contributed by atoms with Crippen LogP contribution in [0.25, 0.3) is 0 Å². The third-order valence-corrected chi connectivity index (χ3v) is 3.99. The van der Waals surface area contributed by atoms with Crippen molar-refractivity contribution < 1.29 is 14.1 Å². The Hall–Kier alpha value is -2.39. The Kier molecular flexibility index (Phi) is 8.80. The van der Waals surface area contributed by atoms with Gasteiger partial charge in [0, 0.05) is 20.0 Å². The number of unbranched alkanes of at least 4 members (excludes halogenated alkanes) is 2. The number of nitrogen functional groups attached to an aromatic ring is 1. The van der Waals surface area contributed by atoms with E-state index >= 15 is 0 Å². The number of hydrogen-bond donors (Lipinski definition) is 2. The van der Waals surface area contributed by atoms with Gasteiger partial charge in [0.25, 0.3) is 5.97 Å². The number of rotatable bonds is 12. The van der Waals surface area contributed by atoms with Crippen LogP contribution in [0.2, 0.25) is 0 Å². The number of anilines is 1. The molecule has 0 amide bonds. The Bertz CT molecular complexity index is 696. The number of benzene rings is 1. The predicted molar refractivity (Wildman–Crippen MR) is 105 cm³/mol.